The van der Waals surface area contributed by atoms with Gasteiger partial charge in [0.05, 0.1) is 17.4 Å². The van der Waals surface area contributed by atoms with Gasteiger partial charge in [-0.05, 0) is 50.0 Å². The van der Waals surface area contributed by atoms with E-state index in [-0.39, 0.29) is 22.5 Å². The molecule has 0 aliphatic carbocycles. The molecule has 39 heavy (non-hydrogen) atoms. The molecule has 1 aromatic rings. The third-order valence-electron chi connectivity index (χ3n) is 8.62. The summed E-state index contributed by atoms with van der Waals surface area (Å²) < 4.78 is 34.9. The largest absolute Gasteiger partial charge is 0.414 e. The molecule has 0 saturated carbocycles. The summed E-state index contributed by atoms with van der Waals surface area (Å²) >= 11 is 0. The number of hydrogen-bond donors (Lipinski definition) is 0. The van der Waals surface area contributed by atoms with Gasteiger partial charge in [-0.3, -0.25) is 4.85 Å². The molecule has 1 aromatic carbocycles. The van der Waals surface area contributed by atoms with Gasteiger partial charge in [-0.2, -0.15) is 0 Å². The van der Waals surface area contributed by atoms with Crippen molar-refractivity contribution in [1.82, 2.24) is 0 Å². The van der Waals surface area contributed by atoms with Crippen LogP contribution < -0.4 is 0 Å². The Morgan fingerprint density at radius 2 is 1.33 bits per heavy atom. The number of benzene rings is 1. The quantitative estimate of drug-likeness (QED) is 0.0879. The highest BCUT2D eigenvalue weighted by atomic mass is 32.2. The van der Waals surface area contributed by atoms with E-state index in [4.69, 9.17) is 11.0 Å². The molecule has 6 heteroatoms. The number of unbranched alkanes of at least 4 members (excludes halogenated alkanes) is 10. The summed E-state index contributed by atoms with van der Waals surface area (Å²) in [5, 5.41) is 0.0176. The highest BCUT2D eigenvalue weighted by molar-refractivity contribution is 7.93. The summed E-state index contributed by atoms with van der Waals surface area (Å²) in [5.41, 5.74) is 1.01. The Bertz CT molecular complexity index is 960. The lowest BCUT2D eigenvalue weighted by atomic mass is 9.99. The Labute approximate surface area is 243 Å². The maximum atomic E-state index is 14.0. The fourth-order valence-electron chi connectivity index (χ4n) is 5.02. The Hall–Kier alpha value is -1.16. The highest BCUT2D eigenvalue weighted by Crippen LogP contribution is 2.42. The number of sulfone groups is 1. The van der Waals surface area contributed by atoms with Crippen LogP contribution in [-0.2, 0) is 14.3 Å². The molecule has 0 fully saturated rings. The first-order chi connectivity index (χ1) is 18.3. The van der Waals surface area contributed by atoms with E-state index < -0.39 is 23.0 Å². The molecule has 1 rings (SSSR count). The highest BCUT2D eigenvalue weighted by Gasteiger charge is 2.53. The number of rotatable bonds is 20. The van der Waals surface area contributed by atoms with Crippen molar-refractivity contribution in [2.75, 3.05) is 0 Å². The average molecular weight is 578 g/mol. The normalized spacial score (nSPS) is 15.1. The van der Waals surface area contributed by atoms with Gasteiger partial charge < -0.3 is 4.43 Å². The van der Waals surface area contributed by atoms with E-state index in [1.54, 1.807) is 12.1 Å². The van der Waals surface area contributed by atoms with Crippen molar-refractivity contribution >= 4 is 18.2 Å². The second-order valence-electron chi connectivity index (χ2n) is 13.2. The minimum absolute atomic E-state index is 0.0176. The second kappa shape index (κ2) is 16.9. The topological polar surface area (TPSA) is 47.7 Å². The van der Waals surface area contributed by atoms with Gasteiger partial charge in [-0.15, -0.1) is 0 Å². The average Bonchev–Trinajstić information content (AvgIpc) is 2.86. The van der Waals surface area contributed by atoms with Gasteiger partial charge in [0.25, 0.3) is 9.84 Å². The molecule has 0 amide bonds. The molecule has 0 heterocycles. The van der Waals surface area contributed by atoms with Gasteiger partial charge >= 0.3 is 4.87 Å². The molecule has 0 N–H and O–H groups in total. The summed E-state index contributed by atoms with van der Waals surface area (Å²) in [6.07, 6.45) is 15.8. The van der Waals surface area contributed by atoms with Gasteiger partial charge in [-0.25, -0.2) is 15.0 Å². The zero-order chi connectivity index (χ0) is 29.6. The van der Waals surface area contributed by atoms with E-state index in [9.17, 15) is 8.42 Å². The zero-order valence-electron chi connectivity index (χ0n) is 26.6. The molecule has 0 radical (unpaired) electrons. The van der Waals surface area contributed by atoms with Crippen LogP contribution in [0.4, 0.5) is 0 Å². The van der Waals surface area contributed by atoms with Crippen LogP contribution in [0.1, 0.15) is 136 Å². The Balaban J connectivity index is 2.98. The van der Waals surface area contributed by atoms with E-state index in [0.717, 1.165) is 24.8 Å². The van der Waals surface area contributed by atoms with E-state index in [1.165, 1.54) is 57.8 Å². The summed E-state index contributed by atoms with van der Waals surface area (Å²) in [7, 11) is -6.00. The van der Waals surface area contributed by atoms with Crippen molar-refractivity contribution in [3.8, 4) is 0 Å². The van der Waals surface area contributed by atoms with E-state index >= 15 is 0 Å². The molecule has 224 valence electrons. The number of hydrogen-bond acceptors (Lipinski definition) is 3. The number of nitrogens with zero attached hydrogens (tertiary/aromatic N) is 1. The predicted molar refractivity (Wildman–Crippen MR) is 170 cm³/mol. The van der Waals surface area contributed by atoms with E-state index in [2.05, 4.69) is 45.6 Å². The first kappa shape index (κ1) is 35.9. The maximum absolute atomic E-state index is 14.0. The first-order valence-corrected chi connectivity index (χ1v) is 20.0. The van der Waals surface area contributed by atoms with Crippen LogP contribution in [0.3, 0.4) is 0 Å². The van der Waals surface area contributed by atoms with Crippen molar-refractivity contribution in [1.29, 1.82) is 0 Å². The van der Waals surface area contributed by atoms with Crippen LogP contribution >= 0.6 is 0 Å². The molecule has 4 nitrogen and oxygen atoms in total. The fraction of sp³-hybridized carbons (Fsp3) is 0.788. The Morgan fingerprint density at radius 3 is 1.77 bits per heavy atom. The molecule has 0 spiro atoms. The molecule has 0 bridgehead atoms. The Kier molecular flexibility index (Phi) is 15.6. The van der Waals surface area contributed by atoms with Crippen LogP contribution in [0.5, 0.6) is 0 Å². The lowest BCUT2D eigenvalue weighted by Gasteiger charge is -2.40. The van der Waals surface area contributed by atoms with E-state index in [1.807, 2.05) is 26.0 Å². The molecule has 2 atom stereocenters. The molecule has 0 aromatic heterocycles. The van der Waals surface area contributed by atoms with Crippen LogP contribution in [-0.4, -0.2) is 27.7 Å². The zero-order valence-corrected chi connectivity index (χ0v) is 28.4. The van der Waals surface area contributed by atoms with Gasteiger partial charge in [0.1, 0.15) is 0 Å². The third-order valence-corrected chi connectivity index (χ3v) is 15.5. The molecule has 0 saturated heterocycles. The van der Waals surface area contributed by atoms with Crippen molar-refractivity contribution in [3.05, 3.63) is 41.2 Å². The van der Waals surface area contributed by atoms with Crippen LogP contribution in [0.15, 0.2) is 29.2 Å². The fourth-order valence-corrected chi connectivity index (χ4v) is 8.34. The smallest absolute Gasteiger partial charge is 0.335 e. The standard InChI is InChI=1S/C33H59NO3SSi/c1-10-12-13-14-15-16-17-18-19-20-21-22-30(37-39(8,9)32(4,5)6)28-33(34-7,27-11-2)38(35,36)31-25-23-29(3)24-26-31/h23-26,30H,10-22,27-28H2,1-6,8-9H3. The van der Waals surface area contributed by atoms with Gasteiger partial charge in [0.2, 0.25) is 0 Å². The molecular formula is C33H59NO3SSi. The third kappa shape index (κ3) is 11.3. The van der Waals surface area contributed by atoms with Crippen LogP contribution in [0, 0.1) is 13.5 Å². The maximum Gasteiger partial charge on any atom is 0.335 e. The van der Waals surface area contributed by atoms with Gasteiger partial charge in [-0.1, -0.05) is 123 Å². The molecule has 0 aliphatic rings. The van der Waals surface area contributed by atoms with Crippen molar-refractivity contribution < 1.29 is 12.8 Å². The van der Waals surface area contributed by atoms with Crippen LogP contribution in [0.25, 0.3) is 4.85 Å². The number of aryl methyl sites for hydroxylation is 1. The van der Waals surface area contributed by atoms with Crippen molar-refractivity contribution in [2.24, 2.45) is 0 Å². The predicted octanol–water partition coefficient (Wildman–Crippen LogP) is 10.7. The molecule has 2 unspecified atom stereocenters. The minimum Gasteiger partial charge on any atom is -0.414 e. The van der Waals surface area contributed by atoms with Gasteiger partial charge in [0, 0.05) is 6.42 Å². The summed E-state index contributed by atoms with van der Waals surface area (Å²) in [4.78, 5) is 2.66. The minimum atomic E-state index is -3.85. The Morgan fingerprint density at radius 1 is 0.846 bits per heavy atom. The van der Waals surface area contributed by atoms with Gasteiger partial charge in [0.15, 0.2) is 8.32 Å². The monoisotopic (exact) mass is 577 g/mol. The van der Waals surface area contributed by atoms with Crippen molar-refractivity contribution in [3.63, 3.8) is 0 Å². The van der Waals surface area contributed by atoms with Crippen LogP contribution in [0.2, 0.25) is 18.1 Å². The lowest BCUT2D eigenvalue weighted by molar-refractivity contribution is 0.146. The SMILES string of the molecule is [C-]#[N+]C(CCC)(CC(CCCCCCCCCCCCC)O[Si](C)(C)C(C)(C)C)S(=O)(=O)c1ccc(C)cc1. The first-order valence-electron chi connectivity index (χ1n) is 15.6. The molecule has 0 aliphatic heterocycles. The van der Waals surface area contributed by atoms with E-state index in [0.29, 0.717) is 12.8 Å². The summed E-state index contributed by atoms with van der Waals surface area (Å²) in [6.45, 7) is 25.5. The second-order valence-corrected chi connectivity index (χ2v) is 20.1. The van der Waals surface area contributed by atoms with Crippen molar-refractivity contribution in [2.45, 2.75) is 172 Å². The molecular weight excluding hydrogens is 519 g/mol. The summed E-state index contributed by atoms with van der Waals surface area (Å²) in [6, 6.07) is 6.96. The summed E-state index contributed by atoms with van der Waals surface area (Å²) in [5.74, 6) is 0. The lowest BCUT2D eigenvalue weighted by Crippen LogP contribution is -2.47.